The van der Waals surface area contributed by atoms with Crippen molar-refractivity contribution in [2.24, 2.45) is 0 Å². The third kappa shape index (κ3) is 3.11. The van der Waals surface area contributed by atoms with Crippen molar-refractivity contribution in [3.8, 4) is 16.9 Å². The lowest BCUT2D eigenvalue weighted by atomic mass is 10.1. The van der Waals surface area contributed by atoms with Gasteiger partial charge in [-0.1, -0.05) is 53.7 Å². The summed E-state index contributed by atoms with van der Waals surface area (Å²) < 4.78 is 1.75. The third-order valence-corrected chi connectivity index (χ3v) is 4.71. The van der Waals surface area contributed by atoms with Crippen molar-refractivity contribution in [2.75, 3.05) is 33.2 Å². The summed E-state index contributed by atoms with van der Waals surface area (Å²) in [7, 11) is 2.07. The minimum Gasteiger partial charge on any atom is -0.335 e. The van der Waals surface area contributed by atoms with Gasteiger partial charge in [-0.15, -0.1) is 5.10 Å². The number of carbonyl (C=O) groups is 1. The predicted octanol–water partition coefficient (Wildman–Crippen LogP) is 2.32. The SMILES string of the molecule is CN1CCN(C(=O)c2nnn(-c3ccccc3)c2-c2ccccc2)CC1. The first kappa shape index (κ1) is 16.5. The van der Waals surface area contributed by atoms with Crippen molar-refractivity contribution in [1.82, 2.24) is 24.8 Å². The van der Waals surface area contributed by atoms with Gasteiger partial charge in [-0.3, -0.25) is 4.79 Å². The molecule has 1 aliphatic rings. The van der Waals surface area contributed by atoms with Crippen LogP contribution in [0.5, 0.6) is 0 Å². The minimum absolute atomic E-state index is 0.0564. The molecule has 1 aliphatic heterocycles. The van der Waals surface area contributed by atoms with Crippen LogP contribution in [0.4, 0.5) is 0 Å². The molecule has 6 nitrogen and oxygen atoms in total. The van der Waals surface area contributed by atoms with Crippen LogP contribution in [0, 0.1) is 0 Å². The van der Waals surface area contributed by atoms with Crippen LogP contribution < -0.4 is 0 Å². The molecular weight excluding hydrogens is 326 g/mol. The Balaban J connectivity index is 1.78. The molecule has 0 saturated carbocycles. The van der Waals surface area contributed by atoms with E-state index in [1.165, 1.54) is 0 Å². The fourth-order valence-corrected chi connectivity index (χ4v) is 3.19. The van der Waals surface area contributed by atoms with Gasteiger partial charge in [-0.2, -0.15) is 0 Å². The zero-order valence-corrected chi connectivity index (χ0v) is 14.7. The van der Waals surface area contributed by atoms with Crippen molar-refractivity contribution in [2.45, 2.75) is 0 Å². The molecule has 1 aromatic heterocycles. The second kappa shape index (κ2) is 7.09. The molecule has 4 rings (SSSR count). The van der Waals surface area contributed by atoms with Crippen molar-refractivity contribution >= 4 is 5.91 Å². The summed E-state index contributed by atoms with van der Waals surface area (Å²) in [6, 6.07) is 19.6. The Morgan fingerprint density at radius 2 is 1.50 bits per heavy atom. The number of hydrogen-bond acceptors (Lipinski definition) is 4. The minimum atomic E-state index is -0.0564. The number of aromatic nitrogens is 3. The molecule has 0 spiro atoms. The number of nitrogens with zero attached hydrogens (tertiary/aromatic N) is 5. The molecule has 6 heteroatoms. The predicted molar refractivity (Wildman–Crippen MR) is 100 cm³/mol. The standard InChI is InChI=1S/C20H21N5O/c1-23-12-14-24(15-13-23)20(26)18-19(16-8-4-2-5-9-16)25(22-21-18)17-10-6-3-7-11-17/h2-11H,12-15H2,1H3. The third-order valence-electron chi connectivity index (χ3n) is 4.71. The van der Waals surface area contributed by atoms with Gasteiger partial charge in [0.25, 0.3) is 5.91 Å². The lowest BCUT2D eigenvalue weighted by Gasteiger charge is -2.32. The second-order valence-electron chi connectivity index (χ2n) is 6.50. The molecular formula is C20H21N5O. The van der Waals surface area contributed by atoms with Crippen molar-refractivity contribution in [3.05, 3.63) is 66.4 Å². The Hall–Kier alpha value is -2.99. The van der Waals surface area contributed by atoms with Crippen LogP contribution in [0.1, 0.15) is 10.5 Å². The van der Waals surface area contributed by atoms with Crippen molar-refractivity contribution in [3.63, 3.8) is 0 Å². The summed E-state index contributed by atoms with van der Waals surface area (Å²) in [4.78, 5) is 17.2. The van der Waals surface area contributed by atoms with Gasteiger partial charge in [0.2, 0.25) is 0 Å². The largest absolute Gasteiger partial charge is 0.335 e. The highest BCUT2D eigenvalue weighted by Crippen LogP contribution is 2.26. The molecule has 0 unspecified atom stereocenters. The molecule has 0 bridgehead atoms. The quantitative estimate of drug-likeness (QED) is 0.730. The Morgan fingerprint density at radius 1 is 0.885 bits per heavy atom. The molecule has 0 atom stereocenters. The molecule has 1 fully saturated rings. The maximum absolute atomic E-state index is 13.1. The number of benzene rings is 2. The van der Waals surface area contributed by atoms with Gasteiger partial charge in [-0.05, 0) is 19.2 Å². The van der Waals surface area contributed by atoms with Crippen LogP contribution in [0.15, 0.2) is 60.7 Å². The average molecular weight is 347 g/mol. The molecule has 0 radical (unpaired) electrons. The molecule has 0 aliphatic carbocycles. The van der Waals surface area contributed by atoms with Crippen LogP contribution in [0.2, 0.25) is 0 Å². The second-order valence-corrected chi connectivity index (χ2v) is 6.50. The van der Waals surface area contributed by atoms with Gasteiger partial charge in [0.15, 0.2) is 5.69 Å². The fourth-order valence-electron chi connectivity index (χ4n) is 3.19. The van der Waals surface area contributed by atoms with E-state index in [9.17, 15) is 4.79 Å². The summed E-state index contributed by atoms with van der Waals surface area (Å²) in [5.41, 5.74) is 2.96. The Labute approximate surface area is 152 Å². The van der Waals surface area contributed by atoms with E-state index < -0.39 is 0 Å². The number of piperazine rings is 1. The van der Waals surface area contributed by atoms with Gasteiger partial charge >= 0.3 is 0 Å². The number of likely N-dealkylation sites (N-methyl/N-ethyl adjacent to an activating group) is 1. The highest BCUT2D eigenvalue weighted by molar-refractivity contribution is 5.98. The molecule has 3 aromatic rings. The summed E-state index contributed by atoms with van der Waals surface area (Å²) >= 11 is 0. The van der Waals surface area contributed by atoms with Gasteiger partial charge in [0, 0.05) is 31.7 Å². The first-order chi connectivity index (χ1) is 12.7. The van der Waals surface area contributed by atoms with Gasteiger partial charge < -0.3 is 9.80 Å². The van der Waals surface area contributed by atoms with Crippen LogP contribution >= 0.6 is 0 Å². The van der Waals surface area contributed by atoms with E-state index in [1.54, 1.807) is 4.68 Å². The summed E-state index contributed by atoms with van der Waals surface area (Å²) in [6.45, 7) is 3.17. The van der Waals surface area contributed by atoms with E-state index in [2.05, 4.69) is 22.3 Å². The Bertz CT molecular complexity index is 883. The number of carbonyl (C=O) groups excluding carboxylic acids is 1. The molecule has 2 aromatic carbocycles. The lowest BCUT2D eigenvalue weighted by molar-refractivity contribution is 0.0659. The summed E-state index contributed by atoms with van der Waals surface area (Å²) in [5, 5.41) is 8.57. The highest BCUT2D eigenvalue weighted by Gasteiger charge is 2.27. The zero-order chi connectivity index (χ0) is 17.9. The first-order valence-corrected chi connectivity index (χ1v) is 8.78. The number of amides is 1. The number of para-hydroxylation sites is 1. The first-order valence-electron chi connectivity index (χ1n) is 8.78. The van der Waals surface area contributed by atoms with E-state index in [1.807, 2.05) is 65.6 Å². The van der Waals surface area contributed by atoms with E-state index in [-0.39, 0.29) is 5.91 Å². The summed E-state index contributed by atoms with van der Waals surface area (Å²) in [5.74, 6) is -0.0564. The summed E-state index contributed by atoms with van der Waals surface area (Å²) in [6.07, 6.45) is 0. The zero-order valence-electron chi connectivity index (χ0n) is 14.7. The maximum Gasteiger partial charge on any atom is 0.276 e. The van der Waals surface area contributed by atoms with E-state index >= 15 is 0 Å². The van der Waals surface area contributed by atoms with Crippen LogP contribution in [-0.4, -0.2) is 63.9 Å². The van der Waals surface area contributed by atoms with Crippen LogP contribution in [0.3, 0.4) is 0 Å². The maximum atomic E-state index is 13.1. The molecule has 26 heavy (non-hydrogen) atoms. The molecule has 132 valence electrons. The fraction of sp³-hybridized carbons (Fsp3) is 0.250. The van der Waals surface area contributed by atoms with Crippen molar-refractivity contribution < 1.29 is 4.79 Å². The molecule has 1 saturated heterocycles. The van der Waals surface area contributed by atoms with E-state index in [4.69, 9.17) is 0 Å². The highest BCUT2D eigenvalue weighted by atomic mass is 16.2. The lowest BCUT2D eigenvalue weighted by Crippen LogP contribution is -2.47. The Morgan fingerprint density at radius 3 is 2.15 bits per heavy atom. The molecule has 0 N–H and O–H groups in total. The molecule has 1 amide bonds. The van der Waals surface area contributed by atoms with Gasteiger partial charge in [-0.25, -0.2) is 4.68 Å². The van der Waals surface area contributed by atoms with Crippen LogP contribution in [-0.2, 0) is 0 Å². The number of hydrogen-bond donors (Lipinski definition) is 0. The van der Waals surface area contributed by atoms with Crippen LogP contribution in [0.25, 0.3) is 16.9 Å². The van der Waals surface area contributed by atoms with Gasteiger partial charge in [0.05, 0.1) is 5.69 Å². The van der Waals surface area contributed by atoms with E-state index in [0.29, 0.717) is 18.8 Å². The van der Waals surface area contributed by atoms with E-state index in [0.717, 1.165) is 30.0 Å². The molecule has 2 heterocycles. The smallest absolute Gasteiger partial charge is 0.276 e. The Kier molecular flexibility index (Phi) is 4.50. The monoisotopic (exact) mass is 347 g/mol. The number of rotatable bonds is 3. The van der Waals surface area contributed by atoms with Gasteiger partial charge in [0.1, 0.15) is 5.69 Å². The van der Waals surface area contributed by atoms with Crippen molar-refractivity contribution in [1.29, 1.82) is 0 Å². The average Bonchev–Trinajstić information content (AvgIpc) is 3.14. The topological polar surface area (TPSA) is 54.3 Å². The normalized spacial score (nSPS) is 15.2.